The van der Waals surface area contributed by atoms with Crippen molar-refractivity contribution in [3.05, 3.63) is 46.2 Å². The number of hydrogen-bond donors (Lipinski definition) is 3. The highest BCUT2D eigenvalue weighted by Crippen LogP contribution is 2.17. The van der Waals surface area contributed by atoms with E-state index in [0.29, 0.717) is 30.7 Å². The van der Waals surface area contributed by atoms with Gasteiger partial charge >= 0.3 is 0 Å². The summed E-state index contributed by atoms with van der Waals surface area (Å²) in [5.41, 5.74) is 1.61. The van der Waals surface area contributed by atoms with Crippen LogP contribution in [0.4, 0.5) is 10.1 Å². The third-order valence-corrected chi connectivity index (χ3v) is 4.29. The number of carbonyl (C=O) groups is 1. The number of halogens is 1. The van der Waals surface area contributed by atoms with Crippen molar-refractivity contribution in [2.75, 3.05) is 18.4 Å². The van der Waals surface area contributed by atoms with Crippen LogP contribution in [-0.2, 0) is 11.3 Å². The number of benzene rings is 1. The first kappa shape index (κ1) is 19.8. The van der Waals surface area contributed by atoms with Gasteiger partial charge in [0.15, 0.2) is 5.96 Å². The van der Waals surface area contributed by atoms with Crippen molar-refractivity contribution in [3.8, 4) is 0 Å². The molecule has 0 aliphatic heterocycles. The standard InChI is InChI=1S/C18H24FN5OS/c1-4-20-18(22-10-17-24-15(11-26-17)12(2)3)21-9-16(25)23-14-7-5-13(19)6-8-14/h5-8,11-12H,4,9-10H2,1-3H3,(H,23,25)(H2,20,21,22). The summed E-state index contributed by atoms with van der Waals surface area (Å²) in [6.45, 7) is 7.36. The summed E-state index contributed by atoms with van der Waals surface area (Å²) < 4.78 is 12.9. The summed E-state index contributed by atoms with van der Waals surface area (Å²) in [6.07, 6.45) is 0. The highest BCUT2D eigenvalue weighted by Gasteiger charge is 2.07. The molecule has 0 unspecified atom stereocenters. The maximum Gasteiger partial charge on any atom is 0.246 e. The van der Waals surface area contributed by atoms with E-state index in [-0.39, 0.29) is 18.3 Å². The maximum atomic E-state index is 12.9. The van der Waals surface area contributed by atoms with Gasteiger partial charge in [-0.25, -0.2) is 14.4 Å². The topological polar surface area (TPSA) is 78.4 Å². The number of aromatic nitrogens is 1. The van der Waals surface area contributed by atoms with Gasteiger partial charge < -0.3 is 16.0 Å². The molecule has 1 amide bonds. The van der Waals surface area contributed by atoms with Crippen LogP contribution >= 0.6 is 11.3 Å². The summed E-state index contributed by atoms with van der Waals surface area (Å²) >= 11 is 1.60. The quantitative estimate of drug-likeness (QED) is 0.512. The SMILES string of the molecule is CCNC(=NCC(=O)Nc1ccc(F)cc1)NCc1nc(C(C)C)cs1. The van der Waals surface area contributed by atoms with E-state index in [1.165, 1.54) is 24.3 Å². The Kier molecular flexibility index (Phi) is 7.53. The number of amides is 1. The number of aliphatic imine (C=N–C) groups is 1. The zero-order valence-corrected chi connectivity index (χ0v) is 16.0. The summed E-state index contributed by atoms with van der Waals surface area (Å²) in [7, 11) is 0. The second kappa shape index (κ2) is 9.86. The van der Waals surface area contributed by atoms with Gasteiger partial charge in [0.25, 0.3) is 0 Å². The number of nitrogens with zero attached hydrogens (tertiary/aromatic N) is 2. The number of anilines is 1. The minimum Gasteiger partial charge on any atom is -0.357 e. The Morgan fingerprint density at radius 3 is 2.62 bits per heavy atom. The molecular weight excluding hydrogens is 353 g/mol. The Balaban J connectivity index is 1.88. The van der Waals surface area contributed by atoms with Crippen LogP contribution in [0.15, 0.2) is 34.6 Å². The van der Waals surface area contributed by atoms with Crippen LogP contribution < -0.4 is 16.0 Å². The van der Waals surface area contributed by atoms with E-state index in [0.717, 1.165) is 10.7 Å². The van der Waals surface area contributed by atoms with Crippen LogP contribution in [0.3, 0.4) is 0 Å². The van der Waals surface area contributed by atoms with Crippen molar-refractivity contribution < 1.29 is 9.18 Å². The van der Waals surface area contributed by atoms with Crippen LogP contribution in [-0.4, -0.2) is 29.9 Å². The van der Waals surface area contributed by atoms with E-state index in [2.05, 4.69) is 45.2 Å². The average Bonchev–Trinajstić information content (AvgIpc) is 3.09. The van der Waals surface area contributed by atoms with Crippen molar-refractivity contribution in [1.82, 2.24) is 15.6 Å². The predicted octanol–water partition coefficient (Wildman–Crippen LogP) is 3.10. The fraction of sp³-hybridized carbons (Fsp3) is 0.389. The van der Waals surface area contributed by atoms with Gasteiger partial charge in [0.05, 0.1) is 12.2 Å². The van der Waals surface area contributed by atoms with Crippen LogP contribution in [0, 0.1) is 5.82 Å². The first-order valence-corrected chi connectivity index (χ1v) is 9.37. The second-order valence-electron chi connectivity index (χ2n) is 5.92. The molecule has 0 aliphatic carbocycles. The fourth-order valence-corrected chi connectivity index (χ4v) is 2.95. The molecule has 1 aromatic heterocycles. The molecule has 2 aromatic rings. The smallest absolute Gasteiger partial charge is 0.246 e. The van der Waals surface area contributed by atoms with E-state index < -0.39 is 0 Å². The molecule has 0 bridgehead atoms. The van der Waals surface area contributed by atoms with Gasteiger partial charge in [0.2, 0.25) is 5.91 Å². The Morgan fingerprint density at radius 1 is 1.27 bits per heavy atom. The molecule has 0 aliphatic rings. The lowest BCUT2D eigenvalue weighted by Gasteiger charge is -2.10. The van der Waals surface area contributed by atoms with E-state index in [1.807, 2.05) is 6.92 Å². The third-order valence-electron chi connectivity index (χ3n) is 3.42. The number of guanidine groups is 1. The molecule has 3 N–H and O–H groups in total. The number of hydrogen-bond acceptors (Lipinski definition) is 4. The Labute approximate surface area is 157 Å². The van der Waals surface area contributed by atoms with Gasteiger partial charge in [0.1, 0.15) is 17.4 Å². The van der Waals surface area contributed by atoms with Crippen LogP contribution in [0.5, 0.6) is 0 Å². The molecule has 8 heteroatoms. The van der Waals surface area contributed by atoms with E-state index in [1.54, 1.807) is 11.3 Å². The number of carbonyl (C=O) groups excluding carboxylic acids is 1. The first-order valence-electron chi connectivity index (χ1n) is 8.49. The second-order valence-corrected chi connectivity index (χ2v) is 6.87. The van der Waals surface area contributed by atoms with Crippen molar-refractivity contribution in [1.29, 1.82) is 0 Å². The minimum atomic E-state index is -0.345. The lowest BCUT2D eigenvalue weighted by molar-refractivity contribution is -0.114. The molecule has 0 saturated carbocycles. The van der Waals surface area contributed by atoms with Gasteiger partial charge in [0, 0.05) is 17.6 Å². The molecule has 26 heavy (non-hydrogen) atoms. The molecule has 2 rings (SSSR count). The molecule has 0 spiro atoms. The molecule has 0 saturated heterocycles. The highest BCUT2D eigenvalue weighted by atomic mass is 32.1. The molecule has 140 valence electrons. The van der Waals surface area contributed by atoms with Crippen LogP contribution in [0.25, 0.3) is 0 Å². The van der Waals surface area contributed by atoms with Crippen molar-refractivity contribution >= 4 is 28.9 Å². The Bertz CT molecular complexity index is 742. The summed E-state index contributed by atoms with van der Waals surface area (Å²) in [4.78, 5) is 20.8. The van der Waals surface area contributed by atoms with Gasteiger partial charge in [-0.2, -0.15) is 0 Å². The molecule has 6 nitrogen and oxygen atoms in total. The minimum absolute atomic E-state index is 0.0399. The largest absolute Gasteiger partial charge is 0.357 e. The zero-order valence-electron chi connectivity index (χ0n) is 15.2. The number of rotatable bonds is 7. The van der Waals surface area contributed by atoms with Gasteiger partial charge in [-0.05, 0) is 37.1 Å². The molecule has 1 aromatic carbocycles. The molecule has 0 radical (unpaired) electrons. The van der Waals surface area contributed by atoms with Crippen molar-refractivity contribution in [2.24, 2.45) is 4.99 Å². The molecule has 1 heterocycles. The summed E-state index contributed by atoms with van der Waals surface area (Å²) in [6, 6.07) is 5.61. The predicted molar refractivity (Wildman–Crippen MR) is 104 cm³/mol. The first-order chi connectivity index (χ1) is 12.5. The Hall–Kier alpha value is -2.48. The summed E-state index contributed by atoms with van der Waals surface area (Å²) in [5, 5.41) is 12.0. The molecular formula is C18H24FN5OS. The lowest BCUT2D eigenvalue weighted by atomic mass is 10.2. The monoisotopic (exact) mass is 377 g/mol. The zero-order chi connectivity index (χ0) is 18.9. The van der Waals surface area contributed by atoms with Crippen molar-refractivity contribution in [3.63, 3.8) is 0 Å². The van der Waals surface area contributed by atoms with Crippen LogP contribution in [0.1, 0.15) is 37.4 Å². The van der Waals surface area contributed by atoms with E-state index in [9.17, 15) is 9.18 Å². The van der Waals surface area contributed by atoms with Crippen molar-refractivity contribution in [2.45, 2.75) is 33.2 Å². The van der Waals surface area contributed by atoms with E-state index >= 15 is 0 Å². The van der Waals surface area contributed by atoms with Gasteiger partial charge in [-0.15, -0.1) is 11.3 Å². The highest BCUT2D eigenvalue weighted by molar-refractivity contribution is 7.09. The van der Waals surface area contributed by atoms with E-state index in [4.69, 9.17) is 0 Å². The third kappa shape index (κ3) is 6.44. The lowest BCUT2D eigenvalue weighted by Crippen LogP contribution is -2.37. The molecule has 0 fully saturated rings. The normalized spacial score (nSPS) is 11.5. The fourth-order valence-electron chi connectivity index (χ4n) is 2.06. The summed E-state index contributed by atoms with van der Waals surface area (Å²) in [5.74, 6) is 0.327. The Morgan fingerprint density at radius 2 is 2.00 bits per heavy atom. The maximum absolute atomic E-state index is 12.9. The average molecular weight is 377 g/mol. The molecule has 0 atom stereocenters. The van der Waals surface area contributed by atoms with Gasteiger partial charge in [-0.3, -0.25) is 4.79 Å². The van der Waals surface area contributed by atoms with Gasteiger partial charge in [-0.1, -0.05) is 13.8 Å². The number of nitrogens with one attached hydrogen (secondary N) is 3. The van der Waals surface area contributed by atoms with Crippen LogP contribution in [0.2, 0.25) is 0 Å². The number of thiazole rings is 1.